The van der Waals surface area contributed by atoms with E-state index in [-0.39, 0.29) is 17.8 Å². The molecular weight excluding hydrogens is 353 g/mol. The molecule has 0 aliphatic heterocycles. The zero-order chi connectivity index (χ0) is 17.5. The summed E-state index contributed by atoms with van der Waals surface area (Å²) < 4.78 is 12.9. The van der Waals surface area contributed by atoms with E-state index in [4.69, 9.17) is 0 Å². The molecule has 0 spiro atoms. The fourth-order valence-corrected chi connectivity index (χ4v) is 4.07. The Morgan fingerprint density at radius 2 is 1.80 bits per heavy atom. The van der Waals surface area contributed by atoms with Crippen molar-refractivity contribution in [2.75, 3.05) is 5.75 Å². The average Bonchev–Trinajstić information content (AvgIpc) is 3.16. The lowest BCUT2D eigenvalue weighted by atomic mass is 10.1. The Hall–Kier alpha value is -2.11. The summed E-state index contributed by atoms with van der Waals surface area (Å²) in [5, 5.41) is 5.14. The van der Waals surface area contributed by atoms with Gasteiger partial charge >= 0.3 is 0 Å². The minimum atomic E-state index is -0.242. The highest BCUT2D eigenvalue weighted by molar-refractivity contribution is 7.99. The number of carbonyl (C=O) groups excluding carboxylic acids is 1. The highest BCUT2D eigenvalue weighted by Crippen LogP contribution is 2.26. The number of thioether (sulfide) groups is 1. The first kappa shape index (κ1) is 17.7. The molecule has 1 amide bonds. The van der Waals surface area contributed by atoms with Crippen LogP contribution < -0.4 is 5.32 Å². The number of benzene rings is 2. The molecule has 1 N–H and O–H groups in total. The molecule has 1 atom stereocenters. The van der Waals surface area contributed by atoms with Crippen molar-refractivity contribution in [2.45, 2.75) is 11.8 Å². The van der Waals surface area contributed by atoms with E-state index < -0.39 is 0 Å². The summed E-state index contributed by atoms with van der Waals surface area (Å²) in [5.74, 6) is 0.803. The van der Waals surface area contributed by atoms with Crippen molar-refractivity contribution in [3.05, 3.63) is 93.9 Å². The van der Waals surface area contributed by atoms with E-state index in [0.717, 1.165) is 16.0 Å². The molecule has 0 fully saturated rings. The van der Waals surface area contributed by atoms with E-state index in [2.05, 4.69) is 5.32 Å². The van der Waals surface area contributed by atoms with Gasteiger partial charge in [-0.15, -0.1) is 23.1 Å². The maximum atomic E-state index is 12.9. The van der Waals surface area contributed by atoms with E-state index >= 15 is 0 Å². The Morgan fingerprint density at radius 1 is 1.04 bits per heavy atom. The zero-order valence-corrected chi connectivity index (χ0v) is 15.2. The minimum Gasteiger partial charge on any atom is -0.344 e. The second kappa shape index (κ2) is 8.83. The normalized spacial score (nSPS) is 11.9. The van der Waals surface area contributed by atoms with Gasteiger partial charge in [0.15, 0.2) is 0 Å². The topological polar surface area (TPSA) is 29.1 Å². The van der Waals surface area contributed by atoms with E-state index in [1.54, 1.807) is 23.5 Å². The summed E-state index contributed by atoms with van der Waals surface area (Å²) in [5.41, 5.74) is 2.08. The number of thiophene rings is 1. The number of nitrogens with one attached hydrogen (secondary N) is 1. The van der Waals surface area contributed by atoms with E-state index in [0.29, 0.717) is 11.5 Å². The molecule has 0 aliphatic rings. The highest BCUT2D eigenvalue weighted by atomic mass is 32.2. The lowest BCUT2D eigenvalue weighted by Gasteiger charge is -2.18. The summed E-state index contributed by atoms with van der Waals surface area (Å²) in [4.78, 5) is 13.5. The van der Waals surface area contributed by atoms with Crippen LogP contribution in [0, 0.1) is 5.82 Å². The molecule has 1 unspecified atom stereocenters. The molecular formula is C20H18FNOS2. The van der Waals surface area contributed by atoms with E-state index in [1.165, 1.54) is 23.9 Å². The Kier molecular flexibility index (Phi) is 6.25. The number of carbonyl (C=O) groups is 1. The van der Waals surface area contributed by atoms with Crippen LogP contribution in [-0.4, -0.2) is 11.7 Å². The van der Waals surface area contributed by atoms with Gasteiger partial charge in [0.05, 0.1) is 11.8 Å². The van der Waals surface area contributed by atoms with Gasteiger partial charge in [0, 0.05) is 10.6 Å². The monoisotopic (exact) mass is 371 g/mol. The van der Waals surface area contributed by atoms with Crippen molar-refractivity contribution in [1.82, 2.24) is 5.32 Å². The first-order chi connectivity index (χ1) is 12.2. The van der Waals surface area contributed by atoms with E-state index in [9.17, 15) is 9.18 Å². The summed E-state index contributed by atoms with van der Waals surface area (Å²) >= 11 is 3.16. The first-order valence-corrected chi connectivity index (χ1v) is 9.96. The summed E-state index contributed by atoms with van der Waals surface area (Å²) in [6, 6.07) is 20.3. The molecule has 5 heteroatoms. The molecule has 2 aromatic carbocycles. The van der Waals surface area contributed by atoms with Gasteiger partial charge in [-0.05, 0) is 34.7 Å². The predicted octanol–water partition coefficient (Wildman–Crippen LogP) is 5.03. The molecule has 0 saturated carbocycles. The number of hydrogen-bond acceptors (Lipinski definition) is 3. The molecule has 2 nitrogen and oxygen atoms in total. The quantitative estimate of drug-likeness (QED) is 0.631. The molecule has 0 saturated heterocycles. The Morgan fingerprint density at radius 3 is 2.48 bits per heavy atom. The summed E-state index contributed by atoms with van der Waals surface area (Å²) in [7, 11) is 0. The third-order valence-corrected chi connectivity index (χ3v) is 5.62. The lowest BCUT2D eigenvalue weighted by molar-refractivity contribution is -0.119. The van der Waals surface area contributed by atoms with Crippen LogP contribution in [0.5, 0.6) is 0 Å². The maximum absolute atomic E-state index is 12.9. The van der Waals surface area contributed by atoms with Gasteiger partial charge in [0.1, 0.15) is 5.82 Å². The lowest BCUT2D eigenvalue weighted by Crippen LogP contribution is -2.30. The van der Waals surface area contributed by atoms with Crippen molar-refractivity contribution in [2.24, 2.45) is 0 Å². The zero-order valence-electron chi connectivity index (χ0n) is 13.5. The van der Waals surface area contributed by atoms with E-state index in [1.807, 2.05) is 47.8 Å². The molecule has 1 aromatic heterocycles. The average molecular weight is 372 g/mol. The van der Waals surface area contributed by atoms with Gasteiger partial charge in [-0.25, -0.2) is 4.39 Å². The molecule has 25 heavy (non-hydrogen) atoms. The van der Waals surface area contributed by atoms with Gasteiger partial charge < -0.3 is 5.32 Å². The Bertz CT molecular complexity index is 788. The van der Waals surface area contributed by atoms with Crippen molar-refractivity contribution >= 4 is 29.0 Å². The van der Waals surface area contributed by atoms with Crippen LogP contribution in [0.3, 0.4) is 0 Å². The number of amides is 1. The second-order valence-electron chi connectivity index (χ2n) is 5.55. The van der Waals surface area contributed by atoms with Gasteiger partial charge in [-0.3, -0.25) is 4.79 Å². The predicted molar refractivity (Wildman–Crippen MR) is 103 cm³/mol. The van der Waals surface area contributed by atoms with Crippen LogP contribution in [-0.2, 0) is 10.5 Å². The van der Waals surface area contributed by atoms with Crippen LogP contribution in [0.15, 0.2) is 72.1 Å². The van der Waals surface area contributed by atoms with Gasteiger partial charge in [-0.2, -0.15) is 0 Å². The van der Waals surface area contributed by atoms with Gasteiger partial charge in [0.2, 0.25) is 5.91 Å². The molecule has 3 aromatic rings. The summed E-state index contributed by atoms with van der Waals surface area (Å²) in [6.07, 6.45) is 0. The van der Waals surface area contributed by atoms with Crippen molar-refractivity contribution in [3.8, 4) is 0 Å². The fourth-order valence-electron chi connectivity index (χ4n) is 2.46. The standard InChI is InChI=1S/C20H18FNOS2/c21-17-10-8-15(9-11-17)13-24-14-19(23)22-20(18-7-4-12-25-18)16-5-2-1-3-6-16/h1-12,20H,13-14H2,(H,22,23). The molecule has 0 bridgehead atoms. The molecule has 3 rings (SSSR count). The fraction of sp³-hybridized carbons (Fsp3) is 0.150. The van der Waals surface area contributed by atoms with Gasteiger partial charge in [0.25, 0.3) is 0 Å². The SMILES string of the molecule is O=C(CSCc1ccc(F)cc1)NC(c1ccccc1)c1cccs1. The van der Waals surface area contributed by atoms with Gasteiger partial charge in [-0.1, -0.05) is 48.5 Å². The van der Waals surface area contributed by atoms with Crippen LogP contribution in [0.4, 0.5) is 4.39 Å². The van der Waals surface area contributed by atoms with Crippen LogP contribution >= 0.6 is 23.1 Å². The summed E-state index contributed by atoms with van der Waals surface area (Å²) in [6.45, 7) is 0. The third kappa shape index (κ3) is 5.18. The smallest absolute Gasteiger partial charge is 0.230 e. The van der Waals surface area contributed by atoms with Crippen molar-refractivity contribution in [3.63, 3.8) is 0 Å². The van der Waals surface area contributed by atoms with Crippen molar-refractivity contribution in [1.29, 1.82) is 0 Å². The minimum absolute atomic E-state index is 0.00522. The largest absolute Gasteiger partial charge is 0.344 e. The number of halogens is 1. The second-order valence-corrected chi connectivity index (χ2v) is 7.51. The molecule has 1 heterocycles. The van der Waals surface area contributed by atoms with Crippen LogP contribution in [0.2, 0.25) is 0 Å². The molecule has 0 radical (unpaired) electrons. The Labute approximate surface area is 155 Å². The van der Waals surface area contributed by atoms with Crippen LogP contribution in [0.25, 0.3) is 0 Å². The third-order valence-electron chi connectivity index (χ3n) is 3.68. The number of hydrogen-bond donors (Lipinski definition) is 1. The molecule has 128 valence electrons. The maximum Gasteiger partial charge on any atom is 0.230 e. The van der Waals surface area contributed by atoms with Crippen molar-refractivity contribution < 1.29 is 9.18 Å². The van der Waals surface area contributed by atoms with Crippen LogP contribution in [0.1, 0.15) is 22.0 Å². The molecule has 0 aliphatic carbocycles. The highest BCUT2D eigenvalue weighted by Gasteiger charge is 2.17. The first-order valence-electron chi connectivity index (χ1n) is 7.92. The number of rotatable bonds is 7. The Balaban J connectivity index is 1.58.